The highest BCUT2D eigenvalue weighted by Crippen LogP contribution is 2.17. The molecule has 0 fully saturated rings. The molecule has 0 N–H and O–H groups in total. The minimum atomic E-state index is -0.598. The van der Waals surface area contributed by atoms with E-state index in [9.17, 15) is 19.2 Å². The lowest BCUT2D eigenvalue weighted by atomic mass is 10.1. The number of hydrogen-bond acceptors (Lipinski definition) is 8. The van der Waals surface area contributed by atoms with Crippen LogP contribution in [0.1, 0.15) is 174 Å². The Balaban J connectivity index is 5.10. The van der Waals surface area contributed by atoms with Crippen LogP contribution in [-0.4, -0.2) is 119 Å². The summed E-state index contributed by atoms with van der Waals surface area (Å²) in [5, 5.41) is 0. The topological polar surface area (TPSA) is 118 Å². The van der Waals surface area contributed by atoms with Gasteiger partial charge in [-0.25, -0.2) is 19.2 Å². The van der Waals surface area contributed by atoms with Crippen molar-refractivity contribution < 1.29 is 38.1 Å². The second-order valence-corrected chi connectivity index (χ2v) is 18.4. The van der Waals surface area contributed by atoms with Gasteiger partial charge in [0.2, 0.25) is 0 Å². The fourth-order valence-electron chi connectivity index (χ4n) is 5.40. The van der Waals surface area contributed by atoms with Crippen molar-refractivity contribution in [3.63, 3.8) is 0 Å². The molecule has 0 radical (unpaired) electrons. The zero-order valence-corrected chi connectivity index (χ0v) is 37.2. The summed E-state index contributed by atoms with van der Waals surface area (Å²) in [4.78, 5) is 58.9. The van der Waals surface area contributed by atoms with Gasteiger partial charge in [0.05, 0.1) is 0 Å². The molecule has 0 heterocycles. The van der Waals surface area contributed by atoms with E-state index in [1.54, 1.807) is 19.6 Å². The fourth-order valence-corrected chi connectivity index (χ4v) is 5.40. The fraction of sp³-hybridized carbons (Fsp3) is 0.905. The normalized spacial score (nSPS) is 12.2. The summed E-state index contributed by atoms with van der Waals surface area (Å²) < 4.78 is 22.7. The van der Waals surface area contributed by atoms with Crippen molar-refractivity contribution in [1.29, 1.82) is 0 Å². The quantitative estimate of drug-likeness (QED) is 0.0744. The minimum absolute atomic E-state index is 0.318. The second-order valence-electron chi connectivity index (χ2n) is 18.4. The Bertz CT molecular complexity index is 988. The van der Waals surface area contributed by atoms with Crippen LogP contribution in [0.5, 0.6) is 0 Å². The Morgan fingerprint density at radius 2 is 0.500 bits per heavy atom. The number of carbonyl (C=O) groups excluding carboxylic acids is 4. The van der Waals surface area contributed by atoms with E-state index in [0.717, 1.165) is 64.2 Å². The van der Waals surface area contributed by atoms with E-state index in [2.05, 4.69) is 13.8 Å². The van der Waals surface area contributed by atoms with Crippen molar-refractivity contribution in [3.8, 4) is 0 Å². The average Bonchev–Trinajstić information content (AvgIpc) is 2.99. The first-order valence-electron chi connectivity index (χ1n) is 20.8. The molecule has 12 nitrogen and oxygen atoms in total. The molecule has 0 atom stereocenters. The van der Waals surface area contributed by atoms with E-state index in [0.29, 0.717) is 65.2 Å². The number of hydrogen-bond donors (Lipinski definition) is 0. The summed E-state index contributed by atoms with van der Waals surface area (Å²) in [5.41, 5.74) is -2.33. The van der Waals surface area contributed by atoms with Gasteiger partial charge < -0.3 is 38.5 Å². The summed E-state index contributed by atoms with van der Waals surface area (Å²) in [5.74, 6) is 0. The number of unbranched alkanes of at least 4 members (excludes halogenated alkanes) is 7. The maximum Gasteiger partial charge on any atom is 0.410 e. The Hall–Kier alpha value is -2.92. The number of ether oxygens (including phenoxy) is 4. The van der Waals surface area contributed by atoms with Crippen LogP contribution in [0.15, 0.2) is 0 Å². The Morgan fingerprint density at radius 1 is 0.315 bits per heavy atom. The summed E-state index contributed by atoms with van der Waals surface area (Å²) in [7, 11) is 0. The molecule has 4 amide bonds. The molecule has 318 valence electrons. The highest BCUT2D eigenvalue weighted by atomic mass is 16.6. The maximum atomic E-state index is 13.1. The van der Waals surface area contributed by atoms with Crippen LogP contribution < -0.4 is 0 Å². The molecule has 0 aliphatic rings. The Kier molecular flexibility index (Phi) is 23.9. The molecule has 0 aromatic heterocycles. The molecule has 0 bridgehead atoms. The zero-order valence-electron chi connectivity index (χ0n) is 37.2. The lowest BCUT2D eigenvalue weighted by Gasteiger charge is -2.30. The first kappa shape index (κ1) is 51.1. The van der Waals surface area contributed by atoms with Crippen molar-refractivity contribution in [1.82, 2.24) is 19.6 Å². The van der Waals surface area contributed by atoms with E-state index in [-0.39, 0.29) is 24.4 Å². The van der Waals surface area contributed by atoms with E-state index in [1.807, 2.05) is 83.1 Å². The Morgan fingerprint density at radius 3 is 0.704 bits per heavy atom. The summed E-state index contributed by atoms with van der Waals surface area (Å²) in [6.07, 6.45) is 9.35. The standard InChI is InChI=1S/C42H82N4O8/c1-15-17-27-43(35(47)51-39(3,4)5)31-25-33-45(37(49)53-41(9,10)11)29-23-21-19-20-22-24-30-46(38(50)54-42(12,13)14)34-26-32-44(28-18-16-2)36(48)52-40(6,7)8/h15-34H2,1-14H3. The highest BCUT2D eigenvalue weighted by Gasteiger charge is 2.26. The molecule has 0 saturated heterocycles. The molecule has 0 saturated carbocycles. The average molecular weight is 771 g/mol. The molecule has 0 rings (SSSR count). The lowest BCUT2D eigenvalue weighted by molar-refractivity contribution is 0.0180. The van der Waals surface area contributed by atoms with Gasteiger partial charge in [0.15, 0.2) is 0 Å². The zero-order chi connectivity index (χ0) is 41.6. The third-order valence-electron chi connectivity index (χ3n) is 7.99. The largest absolute Gasteiger partial charge is 0.444 e. The van der Waals surface area contributed by atoms with Gasteiger partial charge in [-0.05, 0) is 122 Å². The second kappa shape index (κ2) is 25.3. The maximum absolute atomic E-state index is 13.1. The van der Waals surface area contributed by atoms with Crippen LogP contribution in [-0.2, 0) is 18.9 Å². The van der Waals surface area contributed by atoms with Crippen LogP contribution in [0, 0.1) is 0 Å². The first-order chi connectivity index (χ1) is 24.9. The first-order valence-corrected chi connectivity index (χ1v) is 20.8. The van der Waals surface area contributed by atoms with Crippen LogP contribution in [0.25, 0.3) is 0 Å². The predicted octanol–water partition coefficient (Wildman–Crippen LogP) is 10.7. The van der Waals surface area contributed by atoms with Crippen molar-refractivity contribution in [2.45, 2.75) is 196 Å². The van der Waals surface area contributed by atoms with Crippen molar-refractivity contribution in [2.75, 3.05) is 52.4 Å². The SMILES string of the molecule is CCCCN(CCCN(CCCCCCCCN(CCCN(CCCC)C(=O)OC(C)(C)C)C(=O)OC(C)(C)C)C(=O)OC(C)(C)C)C(=O)OC(C)(C)C. The molecule has 12 heteroatoms. The molecule has 0 spiro atoms. The smallest absolute Gasteiger partial charge is 0.410 e. The van der Waals surface area contributed by atoms with Crippen LogP contribution in [0.4, 0.5) is 19.2 Å². The van der Waals surface area contributed by atoms with Crippen LogP contribution in [0.2, 0.25) is 0 Å². The molecule has 0 aliphatic heterocycles. The third-order valence-corrected chi connectivity index (χ3v) is 7.99. The number of nitrogens with zero attached hydrogens (tertiary/aromatic N) is 4. The highest BCUT2D eigenvalue weighted by molar-refractivity contribution is 5.69. The molecule has 0 aromatic carbocycles. The van der Waals surface area contributed by atoms with Crippen LogP contribution in [0.3, 0.4) is 0 Å². The van der Waals surface area contributed by atoms with Crippen molar-refractivity contribution >= 4 is 24.4 Å². The van der Waals surface area contributed by atoms with Gasteiger partial charge in [0.1, 0.15) is 22.4 Å². The number of amides is 4. The molecule has 54 heavy (non-hydrogen) atoms. The molecule has 0 aromatic rings. The van der Waals surface area contributed by atoms with Gasteiger partial charge in [0, 0.05) is 52.4 Å². The van der Waals surface area contributed by atoms with Crippen molar-refractivity contribution in [3.05, 3.63) is 0 Å². The lowest BCUT2D eigenvalue weighted by Crippen LogP contribution is -2.41. The van der Waals surface area contributed by atoms with Gasteiger partial charge >= 0.3 is 24.4 Å². The molecule has 0 unspecified atom stereocenters. The predicted molar refractivity (Wildman–Crippen MR) is 218 cm³/mol. The van der Waals surface area contributed by atoms with Gasteiger partial charge in [-0.3, -0.25) is 0 Å². The minimum Gasteiger partial charge on any atom is -0.444 e. The summed E-state index contributed by atoms with van der Waals surface area (Å²) >= 11 is 0. The van der Waals surface area contributed by atoms with Gasteiger partial charge in [-0.2, -0.15) is 0 Å². The monoisotopic (exact) mass is 771 g/mol. The number of rotatable bonds is 23. The van der Waals surface area contributed by atoms with Gasteiger partial charge in [0.25, 0.3) is 0 Å². The molecular weight excluding hydrogens is 688 g/mol. The molecule has 0 aliphatic carbocycles. The van der Waals surface area contributed by atoms with Crippen LogP contribution >= 0.6 is 0 Å². The summed E-state index contributed by atoms with van der Waals surface area (Å²) in [6, 6.07) is 0. The third kappa shape index (κ3) is 27.6. The van der Waals surface area contributed by atoms with E-state index in [4.69, 9.17) is 18.9 Å². The van der Waals surface area contributed by atoms with Gasteiger partial charge in [-0.15, -0.1) is 0 Å². The Labute approximate surface area is 330 Å². The number of carbonyl (C=O) groups is 4. The summed E-state index contributed by atoms with van der Waals surface area (Å²) in [6.45, 7) is 31.0. The van der Waals surface area contributed by atoms with Gasteiger partial charge in [-0.1, -0.05) is 52.4 Å². The molecular formula is C42H82N4O8. The van der Waals surface area contributed by atoms with E-state index < -0.39 is 22.4 Å². The van der Waals surface area contributed by atoms with Crippen molar-refractivity contribution in [2.24, 2.45) is 0 Å². The van der Waals surface area contributed by atoms with E-state index >= 15 is 0 Å². The van der Waals surface area contributed by atoms with E-state index in [1.165, 1.54) is 0 Å².